The second-order valence-electron chi connectivity index (χ2n) is 16.6. The average Bonchev–Trinajstić information content (AvgIpc) is 3.65. The van der Waals surface area contributed by atoms with Gasteiger partial charge in [-0.05, 0) is 56.7 Å². The zero-order valence-corrected chi connectivity index (χ0v) is 36.6. The zero-order valence-electron chi connectivity index (χ0n) is 36.6. The van der Waals surface area contributed by atoms with Gasteiger partial charge in [-0.1, -0.05) is 67.0 Å². The van der Waals surface area contributed by atoms with Crippen LogP contribution in [0.1, 0.15) is 86.1 Å². The minimum Gasteiger partial charge on any atom is -0.379 e. The van der Waals surface area contributed by atoms with Gasteiger partial charge >= 0.3 is 0 Å². The van der Waals surface area contributed by atoms with E-state index in [1.165, 1.54) is 24.1 Å². The smallest absolute Gasteiger partial charge is 0.269 e. The van der Waals surface area contributed by atoms with Gasteiger partial charge in [0, 0.05) is 53.0 Å². The number of nitrogens with zero attached hydrogens (tertiary/aromatic N) is 6. The third kappa shape index (κ3) is 12.7. The summed E-state index contributed by atoms with van der Waals surface area (Å²) >= 11 is 0. The maximum Gasteiger partial charge on any atom is 0.269 e. The van der Waals surface area contributed by atoms with Crippen molar-refractivity contribution in [3.63, 3.8) is 0 Å². The van der Waals surface area contributed by atoms with E-state index in [4.69, 9.17) is 9.47 Å². The Kier molecular flexibility index (Phi) is 19.5. The van der Waals surface area contributed by atoms with Crippen LogP contribution in [0.4, 0.5) is 5.69 Å². The van der Waals surface area contributed by atoms with Crippen molar-refractivity contribution in [2.75, 3.05) is 49.0 Å². The number of hydrogen-bond donors (Lipinski definition) is 1. The highest BCUT2D eigenvalue weighted by molar-refractivity contribution is 5.90. The van der Waals surface area contributed by atoms with Crippen LogP contribution in [0.2, 0.25) is 0 Å². The van der Waals surface area contributed by atoms with Crippen molar-refractivity contribution in [1.29, 1.82) is 5.26 Å². The Hall–Kier alpha value is -4.13. The Morgan fingerprint density at radius 3 is 2.16 bits per heavy atom. The van der Waals surface area contributed by atoms with Gasteiger partial charge in [0.1, 0.15) is 6.04 Å². The lowest BCUT2D eigenvalue weighted by Gasteiger charge is -2.41. The first-order chi connectivity index (χ1) is 26.8. The highest BCUT2D eigenvalue weighted by atomic mass is 16.6. The molecule has 1 aromatic rings. The van der Waals surface area contributed by atoms with Crippen LogP contribution in [-0.2, 0) is 35.1 Å². The number of amides is 4. The van der Waals surface area contributed by atoms with Crippen molar-refractivity contribution in [2.24, 2.45) is 23.7 Å². The Morgan fingerprint density at radius 2 is 1.65 bits per heavy atom. The Bertz CT molecular complexity index is 1540. The summed E-state index contributed by atoms with van der Waals surface area (Å²) in [6, 6.07) is 5.67. The third-order valence-electron chi connectivity index (χ3n) is 11.7. The number of likely N-dealkylation sites (tertiary alicyclic amines) is 1. The molecule has 0 radical (unpaired) electrons. The summed E-state index contributed by atoms with van der Waals surface area (Å²) in [5.74, 6) is -1.84. The predicted molar refractivity (Wildman–Crippen MR) is 219 cm³/mol. The molecule has 0 bridgehead atoms. The van der Waals surface area contributed by atoms with E-state index in [2.05, 4.69) is 11.4 Å². The summed E-state index contributed by atoms with van der Waals surface area (Å²) in [5.41, 5.74) is 0.570. The number of methoxy groups -OCH3 is 2. The van der Waals surface area contributed by atoms with Crippen LogP contribution in [0.5, 0.6) is 0 Å². The van der Waals surface area contributed by atoms with Gasteiger partial charge in [0.2, 0.25) is 23.6 Å². The maximum atomic E-state index is 14.3. The molecule has 0 saturated carbocycles. The van der Waals surface area contributed by atoms with Gasteiger partial charge in [0.25, 0.3) is 5.69 Å². The Labute approximate surface area is 340 Å². The van der Waals surface area contributed by atoms with Crippen LogP contribution in [0.15, 0.2) is 24.3 Å². The molecule has 0 spiro atoms. The molecule has 4 amide bonds. The molecule has 9 atom stereocenters. The second kappa shape index (κ2) is 22.7. The molecule has 57 heavy (non-hydrogen) atoms. The molecule has 1 aliphatic rings. The summed E-state index contributed by atoms with van der Waals surface area (Å²) in [6.07, 6.45) is 0.979. The van der Waals surface area contributed by atoms with Crippen molar-refractivity contribution < 1.29 is 33.6 Å². The van der Waals surface area contributed by atoms with E-state index in [-0.39, 0.29) is 66.3 Å². The van der Waals surface area contributed by atoms with Crippen LogP contribution < -0.4 is 5.32 Å². The number of benzene rings is 1. The van der Waals surface area contributed by atoms with Crippen molar-refractivity contribution >= 4 is 29.3 Å². The van der Waals surface area contributed by atoms with Crippen molar-refractivity contribution in [3.05, 3.63) is 39.9 Å². The molecule has 15 heteroatoms. The number of nitriles is 1. The van der Waals surface area contributed by atoms with E-state index in [9.17, 15) is 34.6 Å². The molecule has 320 valence electrons. The highest BCUT2D eigenvalue weighted by Gasteiger charge is 2.44. The molecular weight excluding hydrogens is 731 g/mol. The highest BCUT2D eigenvalue weighted by Crippen LogP contribution is 2.31. The second-order valence-corrected chi connectivity index (χ2v) is 16.6. The summed E-state index contributed by atoms with van der Waals surface area (Å²) in [5, 5.41) is 24.0. The normalized spacial score (nSPS) is 18.6. The number of nitro groups is 1. The molecule has 1 saturated heterocycles. The van der Waals surface area contributed by atoms with Crippen LogP contribution in [-0.4, -0.2) is 140 Å². The monoisotopic (exact) mass is 800 g/mol. The molecule has 0 aromatic heterocycles. The number of nitrogens with one attached hydrogen (secondary N) is 1. The first-order valence-corrected chi connectivity index (χ1v) is 20.2. The first kappa shape index (κ1) is 49.0. The van der Waals surface area contributed by atoms with Crippen molar-refractivity contribution in [3.8, 4) is 6.07 Å². The SMILES string of the molecule is CC[C@H](C)[C@@H]([C@@H](CC(=O)N1CCC[C@H]1[C@H](OC)[C@@H](C)C(=O)N(C)[C@H](CC#N)Cc1cccc([N+](=O)[O-])c1)OC)N(C)C(=O)C(NC(=O)[C@H](C(C)C)N(C)C)C(C)C. The number of nitro benzene ring substituents is 1. The minimum atomic E-state index is -0.787. The number of ether oxygens (including phenoxy) is 2. The summed E-state index contributed by atoms with van der Waals surface area (Å²) < 4.78 is 12.0. The number of carbonyl (C=O) groups is 4. The van der Waals surface area contributed by atoms with E-state index < -0.39 is 53.3 Å². The van der Waals surface area contributed by atoms with Crippen molar-refractivity contribution in [1.82, 2.24) is 24.9 Å². The molecule has 1 unspecified atom stereocenters. The molecule has 2 rings (SSSR count). The number of non-ortho nitro benzene ring substituents is 1. The summed E-state index contributed by atoms with van der Waals surface area (Å²) in [6.45, 7) is 14.0. The average molecular weight is 800 g/mol. The molecular formula is C42H69N7O8. The van der Waals surface area contributed by atoms with Crippen molar-refractivity contribution in [2.45, 2.75) is 129 Å². The fraction of sp³-hybridized carbons (Fsp3) is 0.738. The predicted octanol–water partition coefficient (Wildman–Crippen LogP) is 4.53. The van der Waals surface area contributed by atoms with Gasteiger partial charge in [-0.3, -0.25) is 34.2 Å². The molecule has 15 nitrogen and oxygen atoms in total. The largest absolute Gasteiger partial charge is 0.379 e. The lowest BCUT2D eigenvalue weighted by atomic mass is 9.89. The van der Waals surface area contributed by atoms with Gasteiger partial charge in [0.15, 0.2) is 0 Å². The quantitative estimate of drug-likeness (QED) is 0.130. The summed E-state index contributed by atoms with van der Waals surface area (Å²) in [4.78, 5) is 73.7. The van der Waals surface area contributed by atoms with E-state index in [0.717, 1.165) is 0 Å². The molecule has 1 aliphatic heterocycles. The topological polar surface area (TPSA) is 179 Å². The van der Waals surface area contributed by atoms with Gasteiger partial charge < -0.3 is 29.5 Å². The lowest BCUT2D eigenvalue weighted by molar-refractivity contribution is -0.384. The number of rotatable bonds is 22. The zero-order chi connectivity index (χ0) is 43.3. The van der Waals surface area contributed by atoms with Gasteiger partial charge in [-0.15, -0.1) is 0 Å². The van der Waals surface area contributed by atoms with E-state index in [1.54, 1.807) is 50.1 Å². The fourth-order valence-corrected chi connectivity index (χ4v) is 8.42. The number of carbonyl (C=O) groups excluding carboxylic acids is 4. The maximum absolute atomic E-state index is 14.3. The molecule has 1 fully saturated rings. The Morgan fingerprint density at radius 1 is 1.00 bits per heavy atom. The molecule has 1 N–H and O–H groups in total. The minimum absolute atomic E-state index is 0.0134. The molecule has 1 aromatic carbocycles. The van der Waals surface area contributed by atoms with E-state index in [0.29, 0.717) is 31.4 Å². The number of hydrogen-bond acceptors (Lipinski definition) is 10. The van der Waals surface area contributed by atoms with E-state index >= 15 is 0 Å². The van der Waals surface area contributed by atoms with Crippen LogP contribution in [0.25, 0.3) is 0 Å². The van der Waals surface area contributed by atoms with Gasteiger partial charge in [-0.2, -0.15) is 5.26 Å². The fourth-order valence-electron chi connectivity index (χ4n) is 8.42. The first-order valence-electron chi connectivity index (χ1n) is 20.2. The lowest BCUT2D eigenvalue weighted by Crippen LogP contribution is -2.59. The van der Waals surface area contributed by atoms with E-state index in [1.807, 2.05) is 60.5 Å². The molecule has 1 heterocycles. The standard InChI is InChI=1S/C42H69N7O8/c1-14-28(6)38(47(11)42(53)36(26(2)3)44-40(51)37(27(4)5)45(8)9)34(56-12)25-35(50)48-22-16-19-33(48)39(57-13)29(7)41(52)46(10)31(20-21-43)23-30-17-15-18-32(24-30)49(54)55/h15,17-18,24,26-29,31,33-34,36-39H,14,16,19-20,22-23,25H2,1-13H3,(H,44,51)/t28-,29+,31+,33-,34+,36?,37-,38-,39+/m0/s1. The number of likely N-dealkylation sites (N-methyl/N-ethyl adjacent to an activating group) is 3. The Balaban J connectivity index is 2.32. The van der Waals surface area contributed by atoms with Gasteiger partial charge in [0.05, 0.1) is 60.1 Å². The summed E-state index contributed by atoms with van der Waals surface area (Å²) in [7, 11) is 10.1. The third-order valence-corrected chi connectivity index (χ3v) is 11.7. The van der Waals surface area contributed by atoms with Gasteiger partial charge in [-0.25, -0.2) is 0 Å². The van der Waals surface area contributed by atoms with Crippen LogP contribution in [0, 0.1) is 45.1 Å². The van der Waals surface area contributed by atoms with Crippen LogP contribution in [0.3, 0.4) is 0 Å². The van der Waals surface area contributed by atoms with Crippen LogP contribution >= 0.6 is 0 Å². The molecule has 0 aliphatic carbocycles.